The van der Waals surface area contributed by atoms with Gasteiger partial charge in [-0.3, -0.25) is 4.79 Å². The molecule has 6 heteroatoms. The summed E-state index contributed by atoms with van der Waals surface area (Å²) < 4.78 is 6.89. The van der Waals surface area contributed by atoms with Gasteiger partial charge in [-0.25, -0.2) is 4.68 Å². The van der Waals surface area contributed by atoms with Crippen molar-refractivity contribution < 1.29 is 9.53 Å². The molecule has 0 fully saturated rings. The molecule has 0 aliphatic carbocycles. The Kier molecular flexibility index (Phi) is 5.54. The van der Waals surface area contributed by atoms with Crippen molar-refractivity contribution >= 4 is 5.91 Å². The molecule has 1 aromatic heterocycles. The van der Waals surface area contributed by atoms with E-state index in [1.54, 1.807) is 16.7 Å². The fraction of sp³-hybridized carbons (Fsp3) is 0.286. The van der Waals surface area contributed by atoms with E-state index in [4.69, 9.17) is 4.74 Å². The average Bonchev–Trinajstić information content (AvgIpc) is 3.07. The molecule has 0 spiro atoms. The van der Waals surface area contributed by atoms with Crippen molar-refractivity contribution in [2.24, 2.45) is 0 Å². The smallest absolute Gasteiger partial charge is 0.276 e. The van der Waals surface area contributed by atoms with Crippen LogP contribution in [0.2, 0.25) is 0 Å². The summed E-state index contributed by atoms with van der Waals surface area (Å²) >= 11 is 0. The van der Waals surface area contributed by atoms with E-state index in [1.807, 2.05) is 69.3 Å². The Labute approximate surface area is 159 Å². The van der Waals surface area contributed by atoms with Crippen LogP contribution < -0.4 is 4.74 Å². The molecule has 3 rings (SSSR count). The van der Waals surface area contributed by atoms with Gasteiger partial charge >= 0.3 is 0 Å². The number of aryl methyl sites for hydroxylation is 1. The van der Waals surface area contributed by atoms with E-state index in [9.17, 15) is 4.79 Å². The largest absolute Gasteiger partial charge is 0.497 e. The first-order chi connectivity index (χ1) is 13.0. The van der Waals surface area contributed by atoms with E-state index in [0.717, 1.165) is 28.3 Å². The fourth-order valence-corrected chi connectivity index (χ4v) is 2.96. The minimum Gasteiger partial charge on any atom is -0.497 e. The maximum Gasteiger partial charge on any atom is 0.276 e. The van der Waals surface area contributed by atoms with Crippen LogP contribution in [0.15, 0.2) is 48.5 Å². The van der Waals surface area contributed by atoms with Crippen LogP contribution in [-0.2, 0) is 6.54 Å². The van der Waals surface area contributed by atoms with Gasteiger partial charge in [0.25, 0.3) is 5.91 Å². The van der Waals surface area contributed by atoms with E-state index < -0.39 is 0 Å². The Morgan fingerprint density at radius 2 is 1.89 bits per heavy atom. The van der Waals surface area contributed by atoms with Gasteiger partial charge in [-0.05, 0) is 56.2 Å². The third-order valence-corrected chi connectivity index (χ3v) is 4.54. The molecule has 0 N–H and O–H groups in total. The molecule has 0 unspecified atom stereocenters. The monoisotopic (exact) mass is 364 g/mol. The number of hydrogen-bond acceptors (Lipinski definition) is 4. The van der Waals surface area contributed by atoms with Gasteiger partial charge in [-0.15, -0.1) is 5.10 Å². The Bertz CT molecular complexity index is 932. The van der Waals surface area contributed by atoms with E-state index in [1.165, 1.54) is 0 Å². The molecule has 0 radical (unpaired) electrons. The van der Waals surface area contributed by atoms with Crippen LogP contribution in [0.5, 0.6) is 5.75 Å². The van der Waals surface area contributed by atoms with Crippen LogP contribution >= 0.6 is 0 Å². The third-order valence-electron chi connectivity index (χ3n) is 4.54. The topological polar surface area (TPSA) is 60.2 Å². The predicted octanol–water partition coefficient (Wildman–Crippen LogP) is 3.56. The summed E-state index contributed by atoms with van der Waals surface area (Å²) in [6.07, 6.45) is 0. The Morgan fingerprint density at radius 1 is 1.15 bits per heavy atom. The predicted molar refractivity (Wildman–Crippen MR) is 104 cm³/mol. The number of hydrogen-bond donors (Lipinski definition) is 0. The zero-order valence-electron chi connectivity index (χ0n) is 16.1. The van der Waals surface area contributed by atoms with Crippen LogP contribution in [-0.4, -0.2) is 39.5 Å². The summed E-state index contributed by atoms with van der Waals surface area (Å²) in [4.78, 5) is 14.8. The molecule has 0 bridgehead atoms. The Morgan fingerprint density at radius 3 is 2.52 bits per heavy atom. The number of amides is 1. The van der Waals surface area contributed by atoms with Crippen LogP contribution in [0.3, 0.4) is 0 Å². The van der Waals surface area contributed by atoms with Gasteiger partial charge in [-0.1, -0.05) is 29.5 Å². The summed E-state index contributed by atoms with van der Waals surface area (Å²) in [5.74, 6) is 0.676. The number of rotatable bonds is 6. The Balaban J connectivity index is 1.83. The quantitative estimate of drug-likeness (QED) is 0.671. The van der Waals surface area contributed by atoms with Gasteiger partial charge in [0, 0.05) is 13.1 Å². The number of aromatic nitrogens is 3. The van der Waals surface area contributed by atoms with Gasteiger partial charge in [0.1, 0.15) is 5.75 Å². The van der Waals surface area contributed by atoms with Crippen molar-refractivity contribution in [3.63, 3.8) is 0 Å². The van der Waals surface area contributed by atoms with E-state index >= 15 is 0 Å². The highest BCUT2D eigenvalue weighted by Crippen LogP contribution is 2.17. The number of carbonyl (C=O) groups is 1. The van der Waals surface area contributed by atoms with Crippen molar-refractivity contribution in [1.82, 2.24) is 19.9 Å². The standard InChI is InChI=1S/C21H24N4O2/c1-5-24(14-17-9-11-19(27-4)12-10-17)21(26)20-16(3)25(23-22-20)18-8-6-7-15(2)13-18/h6-13H,5,14H2,1-4H3. The van der Waals surface area contributed by atoms with Gasteiger partial charge in [0.05, 0.1) is 18.5 Å². The van der Waals surface area contributed by atoms with Gasteiger partial charge in [0.15, 0.2) is 5.69 Å². The summed E-state index contributed by atoms with van der Waals surface area (Å²) in [6, 6.07) is 15.7. The maximum absolute atomic E-state index is 13.0. The first kappa shape index (κ1) is 18.6. The van der Waals surface area contributed by atoms with Crippen molar-refractivity contribution in [3.05, 3.63) is 71.0 Å². The van der Waals surface area contributed by atoms with Gasteiger partial charge < -0.3 is 9.64 Å². The molecule has 2 aromatic carbocycles. The fourth-order valence-electron chi connectivity index (χ4n) is 2.96. The maximum atomic E-state index is 13.0. The average molecular weight is 364 g/mol. The highest BCUT2D eigenvalue weighted by molar-refractivity contribution is 5.93. The second-order valence-corrected chi connectivity index (χ2v) is 6.44. The lowest BCUT2D eigenvalue weighted by Crippen LogP contribution is -2.31. The van der Waals surface area contributed by atoms with Crippen molar-refractivity contribution in [2.45, 2.75) is 27.3 Å². The molecule has 3 aromatic rings. The molecule has 0 atom stereocenters. The van der Waals surface area contributed by atoms with Gasteiger partial charge in [-0.2, -0.15) is 0 Å². The number of methoxy groups -OCH3 is 1. The van der Waals surface area contributed by atoms with Crippen LogP contribution in [0, 0.1) is 13.8 Å². The van der Waals surface area contributed by atoms with Crippen LogP contribution in [0.4, 0.5) is 0 Å². The van der Waals surface area contributed by atoms with Crippen molar-refractivity contribution in [1.29, 1.82) is 0 Å². The number of benzene rings is 2. The Hall–Kier alpha value is -3.15. The molecule has 27 heavy (non-hydrogen) atoms. The SMILES string of the molecule is CCN(Cc1ccc(OC)cc1)C(=O)c1nnn(-c2cccc(C)c2)c1C. The lowest BCUT2D eigenvalue weighted by atomic mass is 10.2. The second kappa shape index (κ2) is 8.03. The third kappa shape index (κ3) is 4.00. The lowest BCUT2D eigenvalue weighted by Gasteiger charge is -2.20. The van der Waals surface area contributed by atoms with E-state index in [2.05, 4.69) is 10.3 Å². The zero-order chi connectivity index (χ0) is 19.4. The highest BCUT2D eigenvalue weighted by Gasteiger charge is 2.22. The number of carbonyl (C=O) groups excluding carboxylic acids is 1. The van der Waals surface area contributed by atoms with Gasteiger partial charge in [0.2, 0.25) is 0 Å². The first-order valence-corrected chi connectivity index (χ1v) is 8.95. The summed E-state index contributed by atoms with van der Waals surface area (Å²) in [7, 11) is 1.64. The first-order valence-electron chi connectivity index (χ1n) is 8.95. The normalized spacial score (nSPS) is 10.7. The molecule has 140 valence electrons. The van der Waals surface area contributed by atoms with Crippen LogP contribution in [0.1, 0.15) is 34.2 Å². The van der Waals surface area contributed by atoms with Crippen molar-refractivity contribution in [2.75, 3.05) is 13.7 Å². The summed E-state index contributed by atoms with van der Waals surface area (Å²) in [6.45, 7) is 6.95. The minimum absolute atomic E-state index is 0.121. The van der Waals surface area contributed by atoms with E-state index in [0.29, 0.717) is 18.8 Å². The molecule has 0 aliphatic heterocycles. The molecule has 1 heterocycles. The lowest BCUT2D eigenvalue weighted by molar-refractivity contribution is 0.0746. The molecule has 0 saturated carbocycles. The molecule has 1 amide bonds. The zero-order valence-corrected chi connectivity index (χ0v) is 16.1. The highest BCUT2D eigenvalue weighted by atomic mass is 16.5. The van der Waals surface area contributed by atoms with Crippen molar-refractivity contribution in [3.8, 4) is 11.4 Å². The molecule has 6 nitrogen and oxygen atoms in total. The molecule has 0 saturated heterocycles. The molecule has 0 aliphatic rings. The molecular formula is C21H24N4O2. The summed E-state index contributed by atoms with van der Waals surface area (Å²) in [5.41, 5.74) is 4.18. The van der Waals surface area contributed by atoms with E-state index in [-0.39, 0.29) is 5.91 Å². The number of ether oxygens (including phenoxy) is 1. The second-order valence-electron chi connectivity index (χ2n) is 6.44. The molecular weight excluding hydrogens is 340 g/mol. The summed E-state index contributed by atoms with van der Waals surface area (Å²) in [5, 5.41) is 8.36. The minimum atomic E-state index is -0.121. The van der Waals surface area contributed by atoms with Crippen LogP contribution in [0.25, 0.3) is 5.69 Å². The number of nitrogens with zero attached hydrogens (tertiary/aromatic N) is 4.